The van der Waals surface area contributed by atoms with Gasteiger partial charge < -0.3 is 14.0 Å². The number of rotatable bonds is 9. The number of carbonyl (C=O) groups is 1. The van der Waals surface area contributed by atoms with Gasteiger partial charge in [-0.05, 0) is 48.7 Å². The van der Waals surface area contributed by atoms with Gasteiger partial charge in [-0.2, -0.15) is 0 Å². The minimum absolute atomic E-state index is 0.1000. The standard InChI is InChI=1S/C21H27N2O6P/c1-3-28-12-13-29-30(26,19-10-8-18(27-2)9-11-19)23-15-17-7-5-4-6-16(17)14-20(23)21(24)22-25/h4-11,20,25H,3,12-15H2,1-2H3,(H,22,24)/t20-,30-/m1/s1. The summed E-state index contributed by atoms with van der Waals surface area (Å²) in [7, 11) is -2.12. The van der Waals surface area contributed by atoms with Crippen LogP contribution in [0.2, 0.25) is 0 Å². The van der Waals surface area contributed by atoms with Crippen LogP contribution in [-0.2, 0) is 31.6 Å². The number of fused-ring (bicyclic) bond motifs is 1. The number of hydroxylamine groups is 1. The minimum Gasteiger partial charge on any atom is -0.497 e. The summed E-state index contributed by atoms with van der Waals surface area (Å²) in [5.41, 5.74) is 3.64. The summed E-state index contributed by atoms with van der Waals surface area (Å²) >= 11 is 0. The van der Waals surface area contributed by atoms with E-state index in [2.05, 4.69) is 0 Å². The molecule has 0 saturated heterocycles. The van der Waals surface area contributed by atoms with Crippen LogP contribution in [0.15, 0.2) is 48.5 Å². The van der Waals surface area contributed by atoms with Gasteiger partial charge in [0, 0.05) is 13.2 Å². The van der Waals surface area contributed by atoms with Gasteiger partial charge in [-0.15, -0.1) is 0 Å². The van der Waals surface area contributed by atoms with E-state index in [1.165, 1.54) is 0 Å². The highest BCUT2D eigenvalue weighted by molar-refractivity contribution is 7.64. The van der Waals surface area contributed by atoms with Gasteiger partial charge in [0.05, 0.1) is 25.6 Å². The summed E-state index contributed by atoms with van der Waals surface area (Å²) in [5.74, 6) is -0.0140. The Morgan fingerprint density at radius 1 is 1.17 bits per heavy atom. The van der Waals surface area contributed by atoms with Crippen LogP contribution in [0.4, 0.5) is 0 Å². The second-order valence-corrected chi connectivity index (χ2v) is 9.14. The molecule has 2 N–H and O–H groups in total. The Bertz CT molecular complexity index is 905. The Hall–Kier alpha value is -2.22. The molecule has 1 amide bonds. The first kappa shape index (κ1) is 22.5. The fourth-order valence-corrected chi connectivity index (χ4v) is 5.85. The summed E-state index contributed by atoms with van der Waals surface area (Å²) in [5, 5.41) is 9.75. The van der Waals surface area contributed by atoms with Crippen molar-refractivity contribution in [3.63, 3.8) is 0 Å². The monoisotopic (exact) mass is 434 g/mol. The van der Waals surface area contributed by atoms with Crippen LogP contribution in [0.5, 0.6) is 5.75 Å². The summed E-state index contributed by atoms with van der Waals surface area (Å²) in [6.45, 7) is 3.00. The molecule has 9 heteroatoms. The maximum absolute atomic E-state index is 14.3. The lowest BCUT2D eigenvalue weighted by Gasteiger charge is -2.39. The second kappa shape index (κ2) is 10.2. The van der Waals surface area contributed by atoms with E-state index in [0.717, 1.165) is 11.1 Å². The number of ether oxygens (including phenoxy) is 2. The predicted molar refractivity (Wildman–Crippen MR) is 112 cm³/mol. The summed E-state index contributed by atoms with van der Waals surface area (Å²) < 4.78 is 32.3. The zero-order valence-electron chi connectivity index (χ0n) is 17.1. The lowest BCUT2D eigenvalue weighted by molar-refractivity contribution is -0.133. The van der Waals surface area contributed by atoms with Gasteiger partial charge in [0.25, 0.3) is 5.91 Å². The van der Waals surface area contributed by atoms with Crippen molar-refractivity contribution >= 4 is 18.7 Å². The molecular formula is C21H27N2O6P. The zero-order valence-corrected chi connectivity index (χ0v) is 18.0. The average Bonchev–Trinajstić information content (AvgIpc) is 2.80. The van der Waals surface area contributed by atoms with E-state index in [1.807, 2.05) is 31.2 Å². The maximum Gasteiger partial charge on any atom is 0.303 e. The van der Waals surface area contributed by atoms with E-state index in [-0.39, 0.29) is 19.8 Å². The molecule has 8 nitrogen and oxygen atoms in total. The Morgan fingerprint density at radius 3 is 2.50 bits per heavy atom. The Kier molecular flexibility index (Phi) is 7.64. The Labute approximate surface area is 176 Å². The second-order valence-electron chi connectivity index (χ2n) is 6.81. The van der Waals surface area contributed by atoms with Crippen LogP contribution < -0.4 is 15.5 Å². The van der Waals surface area contributed by atoms with E-state index < -0.39 is 19.5 Å². The van der Waals surface area contributed by atoms with Crippen molar-refractivity contribution in [2.45, 2.75) is 25.9 Å². The smallest absolute Gasteiger partial charge is 0.303 e. The molecule has 0 aromatic heterocycles. The van der Waals surface area contributed by atoms with E-state index in [1.54, 1.807) is 41.5 Å². The number of benzene rings is 2. The van der Waals surface area contributed by atoms with Crippen molar-refractivity contribution in [1.82, 2.24) is 10.2 Å². The first-order valence-corrected chi connectivity index (χ1v) is 11.4. The molecule has 3 rings (SSSR count). The first-order chi connectivity index (χ1) is 14.5. The van der Waals surface area contributed by atoms with E-state index in [4.69, 9.17) is 14.0 Å². The van der Waals surface area contributed by atoms with Gasteiger partial charge >= 0.3 is 7.52 Å². The summed E-state index contributed by atoms with van der Waals surface area (Å²) in [4.78, 5) is 12.5. The highest BCUT2D eigenvalue weighted by Crippen LogP contribution is 2.53. The normalized spacial score (nSPS) is 18.3. The Morgan fingerprint density at radius 2 is 1.87 bits per heavy atom. The van der Waals surface area contributed by atoms with Crippen molar-refractivity contribution in [2.75, 3.05) is 26.9 Å². The highest BCUT2D eigenvalue weighted by Gasteiger charge is 2.44. The van der Waals surface area contributed by atoms with Crippen molar-refractivity contribution in [3.8, 4) is 5.75 Å². The number of hydrogen-bond acceptors (Lipinski definition) is 6. The van der Waals surface area contributed by atoms with Crippen LogP contribution in [0, 0.1) is 0 Å². The lowest BCUT2D eigenvalue weighted by Crippen LogP contribution is -2.49. The topological polar surface area (TPSA) is 97.3 Å². The van der Waals surface area contributed by atoms with E-state index >= 15 is 0 Å². The number of nitrogens with zero attached hydrogens (tertiary/aromatic N) is 1. The molecule has 0 spiro atoms. The van der Waals surface area contributed by atoms with Crippen molar-refractivity contribution in [3.05, 3.63) is 59.7 Å². The molecule has 2 atom stereocenters. The third-order valence-electron chi connectivity index (χ3n) is 5.07. The molecular weight excluding hydrogens is 407 g/mol. The summed E-state index contributed by atoms with van der Waals surface area (Å²) in [6, 6.07) is 13.6. The quantitative estimate of drug-likeness (QED) is 0.271. The summed E-state index contributed by atoms with van der Waals surface area (Å²) in [6.07, 6.45) is 0.303. The molecule has 0 bridgehead atoms. The fraction of sp³-hybridized carbons (Fsp3) is 0.381. The fourth-order valence-electron chi connectivity index (χ4n) is 3.52. The van der Waals surface area contributed by atoms with Gasteiger partial charge in [-0.3, -0.25) is 14.6 Å². The van der Waals surface area contributed by atoms with Crippen LogP contribution >= 0.6 is 7.52 Å². The van der Waals surface area contributed by atoms with Gasteiger partial charge in [0.15, 0.2) is 0 Å². The highest BCUT2D eigenvalue weighted by atomic mass is 31.2. The van der Waals surface area contributed by atoms with E-state index in [0.29, 0.717) is 24.1 Å². The number of carbonyl (C=O) groups excluding carboxylic acids is 1. The number of nitrogens with one attached hydrogen (secondary N) is 1. The molecule has 0 fully saturated rings. The molecule has 0 saturated carbocycles. The van der Waals surface area contributed by atoms with Gasteiger partial charge in [-0.25, -0.2) is 10.2 Å². The Balaban J connectivity index is 2.02. The number of methoxy groups -OCH3 is 1. The molecule has 30 heavy (non-hydrogen) atoms. The van der Waals surface area contributed by atoms with Crippen molar-refractivity contribution in [2.24, 2.45) is 0 Å². The van der Waals surface area contributed by atoms with Crippen LogP contribution in [0.25, 0.3) is 0 Å². The molecule has 2 aromatic rings. The molecule has 1 aliphatic heterocycles. The molecule has 2 aromatic carbocycles. The van der Waals surface area contributed by atoms with Gasteiger partial charge in [0.2, 0.25) is 0 Å². The van der Waals surface area contributed by atoms with Gasteiger partial charge in [-0.1, -0.05) is 24.3 Å². The average molecular weight is 434 g/mol. The zero-order chi connectivity index (χ0) is 21.6. The largest absolute Gasteiger partial charge is 0.497 e. The third-order valence-corrected chi connectivity index (χ3v) is 7.65. The SMILES string of the molecule is CCOCCO[P@](=O)(c1ccc(OC)cc1)N1Cc2ccccc2C[C@@H]1C(=O)NO. The number of amides is 1. The third kappa shape index (κ3) is 4.74. The van der Waals surface area contributed by atoms with Gasteiger partial charge in [0.1, 0.15) is 11.8 Å². The molecule has 1 aliphatic rings. The molecule has 0 unspecified atom stereocenters. The van der Waals surface area contributed by atoms with E-state index in [9.17, 15) is 14.6 Å². The predicted octanol–water partition coefficient (Wildman–Crippen LogP) is 2.50. The van der Waals surface area contributed by atoms with Crippen molar-refractivity contribution < 1.29 is 28.6 Å². The molecule has 0 radical (unpaired) electrons. The van der Waals surface area contributed by atoms with Crippen LogP contribution in [0.3, 0.4) is 0 Å². The molecule has 162 valence electrons. The van der Waals surface area contributed by atoms with Crippen LogP contribution in [0.1, 0.15) is 18.1 Å². The number of hydrogen-bond donors (Lipinski definition) is 2. The maximum atomic E-state index is 14.3. The lowest BCUT2D eigenvalue weighted by atomic mass is 9.95. The molecule has 1 heterocycles. The molecule has 0 aliphatic carbocycles. The van der Waals surface area contributed by atoms with Crippen LogP contribution in [-0.4, -0.2) is 48.8 Å². The van der Waals surface area contributed by atoms with Crippen molar-refractivity contribution in [1.29, 1.82) is 0 Å². The minimum atomic E-state index is -3.67. The first-order valence-electron chi connectivity index (χ1n) is 9.78.